The zero-order valence-electron chi connectivity index (χ0n) is 10.8. The lowest BCUT2D eigenvalue weighted by molar-refractivity contribution is 0.412. The lowest BCUT2D eigenvalue weighted by Crippen LogP contribution is -2.06. The summed E-state index contributed by atoms with van der Waals surface area (Å²) in [5, 5.41) is 8.21. The van der Waals surface area contributed by atoms with Crippen LogP contribution in [0.1, 0.15) is 6.92 Å². The minimum Gasteiger partial charge on any atom is -0.495 e. The molecule has 1 unspecified atom stereocenters. The molecular weight excluding hydrogens is 262 g/mol. The normalized spacial score (nSPS) is 12.7. The quantitative estimate of drug-likeness (QED) is 0.784. The van der Waals surface area contributed by atoms with Crippen molar-refractivity contribution in [2.75, 3.05) is 12.9 Å². The molecule has 0 radical (unpaired) electrons. The predicted molar refractivity (Wildman–Crippen MR) is 74.0 cm³/mol. The molecule has 0 aliphatic heterocycles. The molecule has 1 aromatic heterocycles. The molecule has 6 heteroatoms. The molecule has 1 heterocycles. The van der Waals surface area contributed by atoms with Crippen LogP contribution >= 0.6 is 0 Å². The van der Waals surface area contributed by atoms with Crippen LogP contribution in [0.15, 0.2) is 47.9 Å². The van der Waals surface area contributed by atoms with Crippen LogP contribution in [-0.2, 0) is 10.8 Å². The molecule has 0 bridgehead atoms. The van der Waals surface area contributed by atoms with E-state index in [1.807, 2.05) is 43.3 Å². The Balaban J connectivity index is 2.41. The number of hydrogen-bond acceptors (Lipinski definition) is 4. The Morgan fingerprint density at radius 2 is 2.21 bits per heavy atom. The number of benzene rings is 1. The summed E-state index contributed by atoms with van der Waals surface area (Å²) < 4.78 is 19.1. The average molecular weight is 277 g/mol. The number of ether oxygens (including phenoxy) is 1. The van der Waals surface area contributed by atoms with Crippen molar-refractivity contribution in [2.45, 2.75) is 12.1 Å². The number of nitrogens with zero attached hydrogens (tertiary/aromatic N) is 3. The maximum atomic E-state index is 12.2. The Labute approximate surface area is 114 Å². The van der Waals surface area contributed by atoms with Crippen molar-refractivity contribution >= 4 is 10.8 Å². The highest BCUT2D eigenvalue weighted by Crippen LogP contribution is 2.23. The molecule has 0 aliphatic carbocycles. The van der Waals surface area contributed by atoms with Gasteiger partial charge in [-0.3, -0.25) is 8.78 Å². The summed E-state index contributed by atoms with van der Waals surface area (Å²) in [5.74, 6) is 1.11. The Morgan fingerprint density at radius 3 is 2.95 bits per heavy atom. The number of para-hydroxylation sites is 2. The van der Waals surface area contributed by atoms with E-state index in [4.69, 9.17) is 4.74 Å². The predicted octanol–water partition coefficient (Wildman–Crippen LogP) is 1.96. The molecule has 0 saturated heterocycles. The van der Waals surface area contributed by atoms with E-state index < -0.39 is 10.8 Å². The third kappa shape index (κ3) is 2.90. The Kier molecular flexibility index (Phi) is 4.46. The summed E-state index contributed by atoms with van der Waals surface area (Å²) in [6, 6.07) is 7.48. The summed E-state index contributed by atoms with van der Waals surface area (Å²) in [4.78, 5) is 0. The minimum atomic E-state index is -1.23. The van der Waals surface area contributed by atoms with Crippen molar-refractivity contribution in [1.29, 1.82) is 0 Å². The Hall–Kier alpha value is -1.95. The molecule has 1 aromatic carbocycles. The first-order chi connectivity index (χ1) is 9.27. The standard InChI is InChI=1S/C13H15N3O2S/c1-3-4-9-19(17)13-15-14-10-16(13)11-7-5-6-8-12(11)18-2/h3-8,10H,9H2,1-2H3/b4-3+. The van der Waals surface area contributed by atoms with Gasteiger partial charge in [-0.15, -0.1) is 10.2 Å². The molecule has 2 rings (SSSR count). The second-order valence-corrected chi connectivity index (χ2v) is 5.13. The van der Waals surface area contributed by atoms with E-state index in [9.17, 15) is 4.21 Å². The number of hydrogen-bond donors (Lipinski definition) is 0. The largest absolute Gasteiger partial charge is 0.495 e. The van der Waals surface area contributed by atoms with Crippen LogP contribution in [0.2, 0.25) is 0 Å². The molecular formula is C13H15N3O2S. The van der Waals surface area contributed by atoms with Crippen LogP contribution in [0, 0.1) is 0 Å². The molecule has 0 aliphatic rings. The van der Waals surface area contributed by atoms with Crippen molar-refractivity contribution in [2.24, 2.45) is 0 Å². The van der Waals surface area contributed by atoms with E-state index in [0.29, 0.717) is 16.7 Å². The van der Waals surface area contributed by atoms with E-state index in [0.717, 1.165) is 5.69 Å². The van der Waals surface area contributed by atoms with Gasteiger partial charge in [0.1, 0.15) is 12.1 Å². The first-order valence-electron chi connectivity index (χ1n) is 5.81. The van der Waals surface area contributed by atoms with E-state index >= 15 is 0 Å². The highest BCUT2D eigenvalue weighted by molar-refractivity contribution is 7.85. The lowest BCUT2D eigenvalue weighted by Gasteiger charge is -2.10. The van der Waals surface area contributed by atoms with Gasteiger partial charge in [-0.05, 0) is 19.1 Å². The Bertz CT molecular complexity index is 607. The van der Waals surface area contributed by atoms with Gasteiger partial charge in [-0.2, -0.15) is 0 Å². The van der Waals surface area contributed by atoms with Crippen molar-refractivity contribution in [1.82, 2.24) is 14.8 Å². The first kappa shape index (κ1) is 13.5. The van der Waals surface area contributed by atoms with E-state index in [2.05, 4.69) is 10.2 Å². The second-order valence-electron chi connectivity index (χ2n) is 3.74. The molecule has 0 spiro atoms. The van der Waals surface area contributed by atoms with Crippen LogP contribution in [0.3, 0.4) is 0 Å². The molecule has 0 N–H and O–H groups in total. The SMILES string of the molecule is C/C=C/CS(=O)c1nncn1-c1ccccc1OC. The van der Waals surface area contributed by atoms with Gasteiger partial charge in [-0.1, -0.05) is 24.3 Å². The zero-order valence-corrected chi connectivity index (χ0v) is 11.6. The number of allylic oxidation sites excluding steroid dienone is 1. The summed E-state index contributed by atoms with van der Waals surface area (Å²) in [5.41, 5.74) is 0.777. The van der Waals surface area contributed by atoms with Crippen molar-refractivity contribution in [3.63, 3.8) is 0 Å². The van der Waals surface area contributed by atoms with Crippen LogP contribution in [-0.4, -0.2) is 31.8 Å². The molecule has 5 nitrogen and oxygen atoms in total. The van der Waals surface area contributed by atoms with Gasteiger partial charge in [0.2, 0.25) is 5.16 Å². The summed E-state index contributed by atoms with van der Waals surface area (Å²) >= 11 is 0. The number of aromatic nitrogens is 3. The summed E-state index contributed by atoms with van der Waals surface area (Å²) in [6.07, 6.45) is 5.25. The van der Waals surface area contributed by atoms with E-state index in [-0.39, 0.29) is 0 Å². The monoisotopic (exact) mass is 277 g/mol. The molecule has 2 aromatic rings. The maximum Gasteiger partial charge on any atom is 0.226 e. The fraction of sp³-hybridized carbons (Fsp3) is 0.231. The molecule has 100 valence electrons. The third-order valence-electron chi connectivity index (χ3n) is 2.55. The van der Waals surface area contributed by atoms with Crippen molar-refractivity contribution < 1.29 is 8.95 Å². The van der Waals surface area contributed by atoms with Crippen LogP contribution in [0.4, 0.5) is 0 Å². The summed E-state index contributed by atoms with van der Waals surface area (Å²) in [6.45, 7) is 1.89. The molecule has 0 saturated carbocycles. The van der Waals surface area contributed by atoms with E-state index in [1.54, 1.807) is 18.0 Å². The highest BCUT2D eigenvalue weighted by Gasteiger charge is 2.15. The van der Waals surface area contributed by atoms with E-state index in [1.165, 1.54) is 0 Å². The van der Waals surface area contributed by atoms with Crippen LogP contribution in [0.25, 0.3) is 5.69 Å². The molecule has 0 fully saturated rings. The third-order valence-corrected chi connectivity index (χ3v) is 3.73. The van der Waals surface area contributed by atoms with Gasteiger partial charge < -0.3 is 4.74 Å². The van der Waals surface area contributed by atoms with Crippen LogP contribution < -0.4 is 4.74 Å². The fourth-order valence-electron chi connectivity index (χ4n) is 1.63. The molecule has 0 amide bonds. The molecule has 1 atom stereocenters. The van der Waals surface area contributed by atoms with Crippen molar-refractivity contribution in [3.8, 4) is 11.4 Å². The topological polar surface area (TPSA) is 57.0 Å². The zero-order chi connectivity index (χ0) is 13.7. The second kappa shape index (κ2) is 6.29. The first-order valence-corrected chi connectivity index (χ1v) is 7.12. The van der Waals surface area contributed by atoms with Gasteiger partial charge in [0, 0.05) is 5.75 Å². The number of rotatable bonds is 5. The minimum absolute atomic E-state index is 0.419. The van der Waals surface area contributed by atoms with Gasteiger partial charge in [-0.25, -0.2) is 0 Å². The van der Waals surface area contributed by atoms with Gasteiger partial charge >= 0.3 is 0 Å². The Morgan fingerprint density at radius 1 is 1.42 bits per heavy atom. The fourth-order valence-corrected chi connectivity index (χ4v) is 2.65. The van der Waals surface area contributed by atoms with Gasteiger partial charge in [0.05, 0.1) is 23.6 Å². The van der Waals surface area contributed by atoms with Gasteiger partial charge in [0.25, 0.3) is 0 Å². The average Bonchev–Trinajstić information content (AvgIpc) is 2.94. The lowest BCUT2D eigenvalue weighted by atomic mass is 10.3. The molecule has 19 heavy (non-hydrogen) atoms. The highest BCUT2D eigenvalue weighted by atomic mass is 32.2. The maximum absolute atomic E-state index is 12.2. The van der Waals surface area contributed by atoms with Crippen LogP contribution in [0.5, 0.6) is 5.75 Å². The number of methoxy groups -OCH3 is 1. The summed E-state index contributed by atoms with van der Waals surface area (Å²) in [7, 11) is 0.369. The van der Waals surface area contributed by atoms with Crippen molar-refractivity contribution in [3.05, 3.63) is 42.7 Å². The van der Waals surface area contributed by atoms with Gasteiger partial charge in [0.15, 0.2) is 0 Å². The smallest absolute Gasteiger partial charge is 0.226 e.